The molecule has 1 N–H and O–H groups in total. The first-order valence-corrected chi connectivity index (χ1v) is 7.27. The molecule has 1 saturated heterocycles. The summed E-state index contributed by atoms with van der Waals surface area (Å²) in [5, 5.41) is 5.69. The fraction of sp³-hybridized carbons (Fsp3) is 0.615. The van der Waals surface area contributed by atoms with Gasteiger partial charge in [0.15, 0.2) is 0 Å². The number of aryl methyl sites for hydroxylation is 1. The molecular weight excluding hydrogens is 262 g/mol. The molecule has 1 aromatic heterocycles. The third-order valence-corrected chi connectivity index (χ3v) is 4.12. The largest absolute Gasteiger partial charge is 0.340 e. The minimum Gasteiger partial charge on any atom is -0.340 e. The summed E-state index contributed by atoms with van der Waals surface area (Å²) in [5.41, 5.74) is 0.00757. The van der Waals surface area contributed by atoms with E-state index in [0.717, 1.165) is 10.7 Å². The molecule has 19 heavy (non-hydrogen) atoms. The number of amides is 2. The molecule has 0 bridgehead atoms. The summed E-state index contributed by atoms with van der Waals surface area (Å²) < 4.78 is 0. The predicted octanol–water partition coefficient (Wildman–Crippen LogP) is 1.47. The lowest BCUT2D eigenvalue weighted by Gasteiger charge is -2.42. The van der Waals surface area contributed by atoms with Crippen LogP contribution >= 0.6 is 11.3 Å². The summed E-state index contributed by atoms with van der Waals surface area (Å²) in [6.45, 7) is 7.71. The van der Waals surface area contributed by atoms with Gasteiger partial charge in [-0.25, -0.2) is 4.98 Å². The average molecular weight is 281 g/mol. The lowest BCUT2D eigenvalue weighted by molar-refractivity contribution is -0.154. The van der Waals surface area contributed by atoms with Crippen molar-refractivity contribution in [2.75, 3.05) is 0 Å². The number of thiazole rings is 1. The molecule has 2 heterocycles. The lowest BCUT2D eigenvalue weighted by atomic mass is 9.95. The Hall–Kier alpha value is -1.43. The molecule has 0 spiro atoms. The van der Waals surface area contributed by atoms with E-state index in [0.29, 0.717) is 13.0 Å². The molecule has 6 heteroatoms. The fourth-order valence-corrected chi connectivity index (χ4v) is 2.93. The highest BCUT2D eigenvalue weighted by Crippen LogP contribution is 2.22. The van der Waals surface area contributed by atoms with Gasteiger partial charge in [-0.3, -0.25) is 9.59 Å². The van der Waals surface area contributed by atoms with Crippen LogP contribution in [-0.4, -0.2) is 33.3 Å². The van der Waals surface area contributed by atoms with Crippen LogP contribution in [0.25, 0.3) is 0 Å². The molecule has 1 aromatic rings. The van der Waals surface area contributed by atoms with Crippen molar-refractivity contribution in [1.29, 1.82) is 0 Å². The summed E-state index contributed by atoms with van der Waals surface area (Å²) >= 11 is 1.55. The zero-order valence-corrected chi connectivity index (χ0v) is 12.5. The van der Waals surface area contributed by atoms with Crippen LogP contribution in [0, 0.1) is 6.92 Å². The van der Waals surface area contributed by atoms with Gasteiger partial charge < -0.3 is 10.2 Å². The van der Waals surface area contributed by atoms with E-state index in [1.165, 1.54) is 0 Å². The Morgan fingerprint density at radius 2 is 2.16 bits per heavy atom. The van der Waals surface area contributed by atoms with E-state index in [4.69, 9.17) is 0 Å². The maximum atomic E-state index is 12.5. The molecule has 1 aliphatic rings. The molecule has 0 aliphatic carbocycles. The Morgan fingerprint density at radius 3 is 2.68 bits per heavy atom. The van der Waals surface area contributed by atoms with Crippen LogP contribution in [0.5, 0.6) is 0 Å². The minimum absolute atomic E-state index is 0.0513. The number of carbonyl (C=O) groups excluding carboxylic acids is 2. The van der Waals surface area contributed by atoms with E-state index in [9.17, 15) is 9.59 Å². The molecule has 104 valence electrons. The Kier molecular flexibility index (Phi) is 3.62. The van der Waals surface area contributed by atoms with E-state index in [-0.39, 0.29) is 11.8 Å². The molecule has 1 unspecified atom stereocenters. The molecule has 5 nitrogen and oxygen atoms in total. The van der Waals surface area contributed by atoms with Gasteiger partial charge in [0.25, 0.3) is 0 Å². The smallest absolute Gasteiger partial charge is 0.248 e. The normalized spacial score (nSPS) is 22.5. The number of rotatable bonds is 3. The molecular formula is C13H19N3O2S. The molecule has 1 atom stereocenters. The van der Waals surface area contributed by atoms with Crippen LogP contribution in [0.4, 0.5) is 0 Å². The molecule has 0 saturated carbocycles. The first-order valence-electron chi connectivity index (χ1n) is 6.39. The van der Waals surface area contributed by atoms with Crippen molar-refractivity contribution in [2.45, 2.75) is 52.2 Å². The second kappa shape index (κ2) is 4.92. The van der Waals surface area contributed by atoms with Gasteiger partial charge in [0.1, 0.15) is 11.6 Å². The monoisotopic (exact) mass is 281 g/mol. The standard InChI is InChI=1S/C13H19N3O2S/c1-5-10-11(17)15-13(3,4)12(18)16(10)6-9-7-19-8(2)14-9/h7,10H,5-6H2,1-4H3,(H,15,17). The molecule has 2 amide bonds. The van der Waals surface area contributed by atoms with Crippen LogP contribution in [0.2, 0.25) is 0 Å². The quantitative estimate of drug-likeness (QED) is 0.912. The van der Waals surface area contributed by atoms with Crippen LogP contribution < -0.4 is 5.32 Å². The molecule has 0 aromatic carbocycles. The van der Waals surface area contributed by atoms with Crippen LogP contribution in [0.15, 0.2) is 5.38 Å². The van der Waals surface area contributed by atoms with Crippen molar-refractivity contribution in [2.24, 2.45) is 0 Å². The summed E-state index contributed by atoms with van der Waals surface area (Å²) in [4.78, 5) is 30.5. The minimum atomic E-state index is -0.839. The topological polar surface area (TPSA) is 62.3 Å². The first kappa shape index (κ1) is 14.0. The van der Waals surface area contributed by atoms with Gasteiger partial charge in [0.05, 0.1) is 17.2 Å². The summed E-state index contributed by atoms with van der Waals surface area (Å²) in [6, 6.07) is -0.400. The van der Waals surface area contributed by atoms with Crippen molar-refractivity contribution >= 4 is 23.2 Å². The van der Waals surface area contributed by atoms with E-state index < -0.39 is 11.6 Å². The van der Waals surface area contributed by atoms with E-state index >= 15 is 0 Å². The average Bonchev–Trinajstić information content (AvgIpc) is 2.71. The van der Waals surface area contributed by atoms with Crippen molar-refractivity contribution in [3.05, 3.63) is 16.1 Å². The number of piperazine rings is 1. The second-order valence-electron chi connectivity index (χ2n) is 5.33. The molecule has 0 radical (unpaired) electrons. The van der Waals surface area contributed by atoms with Crippen LogP contribution in [-0.2, 0) is 16.1 Å². The van der Waals surface area contributed by atoms with Crippen LogP contribution in [0.3, 0.4) is 0 Å². The Bertz CT molecular complexity index is 510. The Balaban J connectivity index is 2.27. The van der Waals surface area contributed by atoms with E-state index in [2.05, 4.69) is 10.3 Å². The summed E-state index contributed by atoms with van der Waals surface area (Å²) in [5.74, 6) is -0.136. The second-order valence-corrected chi connectivity index (χ2v) is 6.39. The molecule has 1 aliphatic heterocycles. The van der Waals surface area contributed by atoms with Crippen LogP contribution in [0.1, 0.15) is 37.9 Å². The number of aromatic nitrogens is 1. The van der Waals surface area contributed by atoms with Gasteiger partial charge in [0.2, 0.25) is 11.8 Å². The van der Waals surface area contributed by atoms with Crippen molar-refractivity contribution in [1.82, 2.24) is 15.2 Å². The predicted molar refractivity (Wildman–Crippen MR) is 73.7 cm³/mol. The highest BCUT2D eigenvalue weighted by molar-refractivity contribution is 7.09. The number of nitrogens with one attached hydrogen (secondary N) is 1. The van der Waals surface area contributed by atoms with E-state index in [1.807, 2.05) is 19.2 Å². The third kappa shape index (κ3) is 2.63. The molecule has 1 fully saturated rings. The zero-order chi connectivity index (χ0) is 14.2. The Labute approximate surface area is 117 Å². The van der Waals surface area contributed by atoms with Crippen molar-refractivity contribution < 1.29 is 9.59 Å². The number of hydrogen-bond acceptors (Lipinski definition) is 4. The summed E-state index contributed by atoms with van der Waals surface area (Å²) in [6.07, 6.45) is 0.608. The maximum absolute atomic E-state index is 12.5. The fourth-order valence-electron chi connectivity index (χ4n) is 2.33. The van der Waals surface area contributed by atoms with Gasteiger partial charge in [-0.1, -0.05) is 6.92 Å². The number of hydrogen-bond donors (Lipinski definition) is 1. The van der Waals surface area contributed by atoms with Gasteiger partial charge in [-0.05, 0) is 27.2 Å². The van der Waals surface area contributed by atoms with Gasteiger partial charge in [-0.2, -0.15) is 0 Å². The lowest BCUT2D eigenvalue weighted by Crippen LogP contribution is -2.67. The van der Waals surface area contributed by atoms with Gasteiger partial charge in [0, 0.05) is 5.38 Å². The van der Waals surface area contributed by atoms with E-state index in [1.54, 1.807) is 30.1 Å². The number of nitrogens with zero attached hydrogens (tertiary/aromatic N) is 2. The third-order valence-electron chi connectivity index (χ3n) is 3.30. The highest BCUT2D eigenvalue weighted by atomic mass is 32.1. The summed E-state index contributed by atoms with van der Waals surface area (Å²) in [7, 11) is 0. The van der Waals surface area contributed by atoms with Gasteiger partial charge in [-0.15, -0.1) is 11.3 Å². The van der Waals surface area contributed by atoms with Crippen molar-refractivity contribution in [3.8, 4) is 0 Å². The van der Waals surface area contributed by atoms with Gasteiger partial charge >= 0.3 is 0 Å². The Morgan fingerprint density at radius 1 is 1.47 bits per heavy atom. The zero-order valence-electron chi connectivity index (χ0n) is 11.7. The highest BCUT2D eigenvalue weighted by Gasteiger charge is 2.44. The number of carbonyl (C=O) groups is 2. The maximum Gasteiger partial charge on any atom is 0.248 e. The molecule has 2 rings (SSSR count). The van der Waals surface area contributed by atoms with Crippen molar-refractivity contribution in [3.63, 3.8) is 0 Å². The first-order chi connectivity index (χ1) is 8.85. The SMILES string of the molecule is CCC1C(=O)NC(C)(C)C(=O)N1Cc1csc(C)n1.